The molecule has 0 radical (unpaired) electrons. The molecule has 25 heavy (non-hydrogen) atoms. The molecule has 0 aromatic heterocycles. The van der Waals surface area contributed by atoms with Crippen molar-refractivity contribution in [3.8, 4) is 5.75 Å². The van der Waals surface area contributed by atoms with Gasteiger partial charge >= 0.3 is 5.97 Å². The van der Waals surface area contributed by atoms with E-state index in [4.69, 9.17) is 4.74 Å². The van der Waals surface area contributed by atoms with Gasteiger partial charge in [0.25, 0.3) is 0 Å². The lowest BCUT2D eigenvalue weighted by Gasteiger charge is -2.34. The van der Waals surface area contributed by atoms with Crippen LogP contribution in [-0.4, -0.2) is 23.5 Å². The first-order valence-corrected chi connectivity index (χ1v) is 8.73. The number of ketones is 1. The fourth-order valence-corrected chi connectivity index (χ4v) is 3.56. The monoisotopic (exact) mass is 341 g/mol. The highest BCUT2D eigenvalue weighted by Gasteiger charge is 2.39. The summed E-state index contributed by atoms with van der Waals surface area (Å²) in [7, 11) is 0. The molecule has 3 rings (SSSR count). The van der Waals surface area contributed by atoms with Crippen LogP contribution in [0.3, 0.4) is 0 Å². The Hall–Kier alpha value is -2.56. The molecule has 0 fully saturated rings. The van der Waals surface area contributed by atoms with E-state index >= 15 is 0 Å². The van der Waals surface area contributed by atoms with Crippen LogP contribution in [0.15, 0.2) is 46.8 Å². The van der Waals surface area contributed by atoms with Gasteiger partial charge in [-0.3, -0.25) is 4.79 Å². The second kappa shape index (κ2) is 7.13. The topological polar surface area (TPSA) is 75.6 Å². The molecule has 5 heteroatoms. The minimum atomic E-state index is -0.500. The molecule has 1 aromatic rings. The Balaban J connectivity index is 2.12. The number of benzene rings is 1. The number of rotatable bonds is 4. The number of aromatic hydroxyl groups is 1. The van der Waals surface area contributed by atoms with Crippen molar-refractivity contribution in [2.75, 3.05) is 6.61 Å². The lowest BCUT2D eigenvalue weighted by Crippen LogP contribution is -2.34. The molecule has 1 aliphatic heterocycles. The fourth-order valence-electron chi connectivity index (χ4n) is 3.56. The Bertz CT molecular complexity index is 776. The number of carbonyl (C=O) groups excluding carboxylic acids is 2. The summed E-state index contributed by atoms with van der Waals surface area (Å²) in [6.07, 6.45) is 2.80. The molecule has 1 aromatic carbocycles. The molecule has 5 nitrogen and oxygen atoms in total. The van der Waals surface area contributed by atoms with E-state index in [0.717, 1.165) is 30.5 Å². The van der Waals surface area contributed by atoms with Crippen LogP contribution in [0.25, 0.3) is 0 Å². The maximum absolute atomic E-state index is 12.7. The molecule has 1 atom stereocenters. The molecule has 1 heterocycles. The number of dihydropyridines is 1. The van der Waals surface area contributed by atoms with Crippen molar-refractivity contribution < 1.29 is 19.4 Å². The first kappa shape index (κ1) is 17.3. The highest BCUT2D eigenvalue weighted by Crippen LogP contribution is 2.43. The van der Waals surface area contributed by atoms with Crippen LogP contribution in [0.2, 0.25) is 0 Å². The van der Waals surface area contributed by atoms with Gasteiger partial charge in [-0.1, -0.05) is 19.1 Å². The molecule has 2 aliphatic rings. The number of hydrogen-bond acceptors (Lipinski definition) is 5. The third-order valence-corrected chi connectivity index (χ3v) is 4.64. The molecule has 0 saturated heterocycles. The number of Topliss-reactive ketones (excluding diaryl/α,β-unsaturated/α-hetero) is 1. The van der Waals surface area contributed by atoms with E-state index in [-0.39, 0.29) is 11.5 Å². The van der Waals surface area contributed by atoms with E-state index in [1.54, 1.807) is 18.2 Å². The zero-order chi connectivity index (χ0) is 18.0. The van der Waals surface area contributed by atoms with Gasteiger partial charge in [-0.2, -0.15) is 0 Å². The lowest BCUT2D eigenvalue weighted by atomic mass is 9.75. The number of ether oxygens (including phenoxy) is 1. The first-order valence-electron chi connectivity index (χ1n) is 8.73. The maximum Gasteiger partial charge on any atom is 0.336 e. The molecule has 0 spiro atoms. The summed E-state index contributed by atoms with van der Waals surface area (Å²) in [6.45, 7) is 4.11. The molecule has 0 bridgehead atoms. The summed E-state index contributed by atoms with van der Waals surface area (Å²) in [5.41, 5.74) is 3.41. The molecule has 2 N–H and O–H groups in total. The van der Waals surface area contributed by atoms with Gasteiger partial charge < -0.3 is 15.2 Å². The smallest absolute Gasteiger partial charge is 0.336 e. The molecular weight excluding hydrogens is 318 g/mol. The summed E-state index contributed by atoms with van der Waals surface area (Å²) in [5.74, 6) is -0.749. The second-order valence-corrected chi connectivity index (χ2v) is 6.50. The van der Waals surface area contributed by atoms with Crippen molar-refractivity contribution in [2.24, 2.45) is 0 Å². The van der Waals surface area contributed by atoms with Gasteiger partial charge in [-0.05, 0) is 43.9 Å². The van der Waals surface area contributed by atoms with Gasteiger partial charge in [0.15, 0.2) is 5.78 Å². The van der Waals surface area contributed by atoms with E-state index in [2.05, 4.69) is 5.32 Å². The van der Waals surface area contributed by atoms with E-state index in [9.17, 15) is 14.7 Å². The quantitative estimate of drug-likeness (QED) is 0.822. The number of carbonyl (C=O) groups is 2. The van der Waals surface area contributed by atoms with Gasteiger partial charge in [0.1, 0.15) is 5.75 Å². The largest absolute Gasteiger partial charge is 0.508 e. The summed E-state index contributed by atoms with van der Waals surface area (Å²) in [5, 5.41) is 13.1. The number of phenolic OH excluding ortho intramolecular Hbond substituents is 1. The van der Waals surface area contributed by atoms with Crippen LogP contribution in [-0.2, 0) is 14.3 Å². The first-order chi connectivity index (χ1) is 12.0. The Labute approximate surface area is 147 Å². The molecule has 0 unspecified atom stereocenters. The summed E-state index contributed by atoms with van der Waals surface area (Å²) >= 11 is 0. The van der Waals surface area contributed by atoms with Crippen LogP contribution in [0.5, 0.6) is 5.75 Å². The van der Waals surface area contributed by atoms with Crippen molar-refractivity contribution in [3.05, 3.63) is 52.4 Å². The number of esters is 1. The van der Waals surface area contributed by atoms with Gasteiger partial charge in [-0.25, -0.2) is 4.79 Å². The minimum absolute atomic E-state index is 0.0513. The van der Waals surface area contributed by atoms with Crippen LogP contribution < -0.4 is 5.32 Å². The predicted octanol–water partition coefficient (Wildman–Crippen LogP) is 3.31. The van der Waals surface area contributed by atoms with E-state index in [0.29, 0.717) is 29.9 Å². The fraction of sp³-hybridized carbons (Fsp3) is 0.400. The highest BCUT2D eigenvalue weighted by atomic mass is 16.5. The van der Waals surface area contributed by atoms with E-state index in [1.807, 2.05) is 19.9 Å². The minimum Gasteiger partial charge on any atom is -0.508 e. The Morgan fingerprint density at radius 2 is 2.16 bits per heavy atom. The molecule has 0 saturated carbocycles. The van der Waals surface area contributed by atoms with Gasteiger partial charge in [0, 0.05) is 29.3 Å². The zero-order valence-corrected chi connectivity index (χ0v) is 14.6. The van der Waals surface area contributed by atoms with E-state index < -0.39 is 11.9 Å². The Morgan fingerprint density at radius 3 is 2.88 bits per heavy atom. The molecular formula is C20H23NO4. The number of nitrogens with one attached hydrogen (secondary N) is 1. The lowest BCUT2D eigenvalue weighted by molar-refractivity contribution is -0.139. The van der Waals surface area contributed by atoms with Crippen LogP contribution in [0.1, 0.15) is 51.0 Å². The molecule has 0 amide bonds. The summed E-state index contributed by atoms with van der Waals surface area (Å²) in [6, 6.07) is 6.75. The molecule has 1 aliphatic carbocycles. The zero-order valence-electron chi connectivity index (χ0n) is 14.6. The highest BCUT2D eigenvalue weighted by molar-refractivity contribution is 6.03. The van der Waals surface area contributed by atoms with Crippen LogP contribution >= 0.6 is 0 Å². The average molecular weight is 341 g/mol. The van der Waals surface area contributed by atoms with Crippen molar-refractivity contribution >= 4 is 11.8 Å². The SMILES string of the molecule is CCCOC(=O)C1=C(C)NC2=C(C(=O)CCC2)[C@H]1c1cccc(O)c1. The average Bonchev–Trinajstić information content (AvgIpc) is 2.58. The summed E-state index contributed by atoms with van der Waals surface area (Å²) in [4.78, 5) is 25.4. The Kier molecular flexibility index (Phi) is 4.93. The number of allylic oxidation sites excluding steroid dienone is 3. The third kappa shape index (κ3) is 3.31. The maximum atomic E-state index is 12.7. The van der Waals surface area contributed by atoms with Crippen molar-refractivity contribution in [2.45, 2.75) is 45.4 Å². The van der Waals surface area contributed by atoms with Gasteiger partial charge in [0.05, 0.1) is 12.2 Å². The van der Waals surface area contributed by atoms with Crippen LogP contribution in [0.4, 0.5) is 0 Å². The summed E-state index contributed by atoms with van der Waals surface area (Å²) < 4.78 is 5.36. The van der Waals surface area contributed by atoms with Crippen molar-refractivity contribution in [1.29, 1.82) is 0 Å². The van der Waals surface area contributed by atoms with Crippen molar-refractivity contribution in [3.63, 3.8) is 0 Å². The standard InChI is InChI=1S/C20H23NO4/c1-3-10-25-20(24)17-12(2)21-15-8-5-9-16(23)19(15)18(17)13-6-4-7-14(22)11-13/h4,6-7,11,18,21-22H,3,5,8-10H2,1-2H3/t18-/m0/s1. The van der Waals surface area contributed by atoms with Crippen molar-refractivity contribution in [1.82, 2.24) is 5.32 Å². The predicted molar refractivity (Wildman–Crippen MR) is 93.8 cm³/mol. The van der Waals surface area contributed by atoms with E-state index in [1.165, 1.54) is 0 Å². The third-order valence-electron chi connectivity index (χ3n) is 4.64. The second-order valence-electron chi connectivity index (χ2n) is 6.50. The number of phenols is 1. The van der Waals surface area contributed by atoms with Gasteiger partial charge in [-0.15, -0.1) is 0 Å². The van der Waals surface area contributed by atoms with Crippen LogP contribution in [0, 0.1) is 0 Å². The van der Waals surface area contributed by atoms with Gasteiger partial charge in [0.2, 0.25) is 0 Å². The Morgan fingerprint density at radius 1 is 1.36 bits per heavy atom. The normalized spacial score (nSPS) is 20.2. The molecule has 132 valence electrons. The number of hydrogen-bond donors (Lipinski definition) is 2.